The maximum Gasteiger partial charge on any atom is 0.509 e. The zero-order valence-corrected chi connectivity index (χ0v) is 8.72. The highest BCUT2D eigenvalue weighted by atomic mass is 16.8. The first-order valence-corrected chi connectivity index (χ1v) is 5.57. The summed E-state index contributed by atoms with van der Waals surface area (Å²) in [7, 11) is 0. The monoisotopic (exact) mass is 208 g/mol. The number of fused-ring (bicyclic) bond motifs is 1. The van der Waals surface area contributed by atoms with Crippen molar-refractivity contribution in [3.05, 3.63) is 24.3 Å². The van der Waals surface area contributed by atoms with Crippen LogP contribution >= 0.6 is 0 Å². The Kier molecular flexibility index (Phi) is 3.43. The van der Waals surface area contributed by atoms with E-state index in [-0.39, 0.29) is 12.2 Å². The molecule has 3 nitrogen and oxygen atoms in total. The van der Waals surface area contributed by atoms with Crippen molar-refractivity contribution in [3.8, 4) is 0 Å². The van der Waals surface area contributed by atoms with E-state index in [4.69, 9.17) is 9.47 Å². The van der Waals surface area contributed by atoms with Gasteiger partial charge in [-0.15, -0.1) is 0 Å². The minimum absolute atomic E-state index is 0.230. The molecule has 0 bridgehead atoms. The van der Waals surface area contributed by atoms with E-state index in [1.807, 2.05) is 12.2 Å². The third kappa shape index (κ3) is 2.85. The molecule has 3 heteroatoms. The quantitative estimate of drug-likeness (QED) is 0.453. The van der Waals surface area contributed by atoms with Crippen LogP contribution in [-0.2, 0) is 9.47 Å². The minimum atomic E-state index is -0.559. The van der Waals surface area contributed by atoms with Crippen LogP contribution in [-0.4, -0.2) is 18.4 Å². The first kappa shape index (κ1) is 10.3. The molecule has 0 radical (unpaired) electrons. The Morgan fingerprint density at radius 3 is 2.00 bits per heavy atom. The van der Waals surface area contributed by atoms with Crippen molar-refractivity contribution in [2.45, 2.75) is 44.3 Å². The lowest BCUT2D eigenvalue weighted by Crippen LogP contribution is -2.17. The van der Waals surface area contributed by atoms with Crippen molar-refractivity contribution in [3.63, 3.8) is 0 Å². The summed E-state index contributed by atoms with van der Waals surface area (Å²) >= 11 is 0. The molecule has 0 aromatic carbocycles. The zero-order chi connectivity index (χ0) is 10.5. The summed E-state index contributed by atoms with van der Waals surface area (Å²) < 4.78 is 10.1. The molecule has 1 fully saturated rings. The van der Waals surface area contributed by atoms with Gasteiger partial charge in [-0.3, -0.25) is 0 Å². The van der Waals surface area contributed by atoms with Gasteiger partial charge in [-0.1, -0.05) is 18.6 Å². The molecular formula is C12H16O3. The second kappa shape index (κ2) is 5.01. The van der Waals surface area contributed by atoms with Gasteiger partial charge in [0.25, 0.3) is 0 Å². The molecule has 0 spiro atoms. The molecule has 0 N–H and O–H groups in total. The highest BCUT2D eigenvalue weighted by Gasteiger charge is 2.32. The number of hydrogen-bond donors (Lipinski definition) is 0. The van der Waals surface area contributed by atoms with E-state index in [2.05, 4.69) is 12.2 Å². The number of carbonyl (C=O) groups excluding carboxylic acids is 1. The predicted octanol–water partition coefficient (Wildman–Crippen LogP) is 2.97. The molecule has 0 aromatic rings. The SMILES string of the molecule is O=C1O[C@@H]2C=CCCCCCC=C[C@H]2O1. The molecule has 1 aliphatic carbocycles. The molecule has 2 aliphatic rings. The van der Waals surface area contributed by atoms with Gasteiger partial charge in [0.1, 0.15) is 0 Å². The number of allylic oxidation sites excluding steroid dienone is 2. The van der Waals surface area contributed by atoms with Gasteiger partial charge in [0.05, 0.1) is 0 Å². The van der Waals surface area contributed by atoms with Gasteiger partial charge in [-0.2, -0.15) is 0 Å². The average molecular weight is 208 g/mol. The van der Waals surface area contributed by atoms with Crippen LogP contribution in [0, 0.1) is 0 Å². The average Bonchev–Trinajstić information content (AvgIpc) is 2.54. The fourth-order valence-corrected chi connectivity index (χ4v) is 1.84. The fraction of sp³-hybridized carbons (Fsp3) is 0.583. The van der Waals surface area contributed by atoms with Crippen molar-refractivity contribution >= 4 is 6.16 Å². The lowest BCUT2D eigenvalue weighted by atomic mass is 10.1. The largest absolute Gasteiger partial charge is 0.509 e. The van der Waals surface area contributed by atoms with Crippen molar-refractivity contribution < 1.29 is 14.3 Å². The normalized spacial score (nSPS) is 31.3. The van der Waals surface area contributed by atoms with E-state index >= 15 is 0 Å². The van der Waals surface area contributed by atoms with Gasteiger partial charge in [0.15, 0.2) is 12.2 Å². The number of ether oxygens (including phenoxy) is 2. The Morgan fingerprint density at radius 2 is 1.47 bits per heavy atom. The van der Waals surface area contributed by atoms with Crippen molar-refractivity contribution in [2.24, 2.45) is 0 Å². The van der Waals surface area contributed by atoms with E-state index in [1.54, 1.807) is 0 Å². The lowest BCUT2D eigenvalue weighted by molar-refractivity contribution is 0.122. The van der Waals surface area contributed by atoms with Gasteiger partial charge in [0, 0.05) is 0 Å². The molecule has 1 aliphatic heterocycles. The molecule has 15 heavy (non-hydrogen) atoms. The maximum absolute atomic E-state index is 11.0. The van der Waals surface area contributed by atoms with Gasteiger partial charge >= 0.3 is 6.16 Å². The first-order chi connectivity index (χ1) is 7.36. The first-order valence-electron chi connectivity index (χ1n) is 5.57. The highest BCUT2D eigenvalue weighted by molar-refractivity contribution is 5.63. The Hall–Kier alpha value is -1.25. The van der Waals surface area contributed by atoms with Crippen molar-refractivity contribution in [1.29, 1.82) is 0 Å². The van der Waals surface area contributed by atoms with Crippen LogP contribution in [0.2, 0.25) is 0 Å². The topological polar surface area (TPSA) is 35.5 Å². The number of carbonyl (C=O) groups is 1. The Balaban J connectivity index is 2.04. The summed E-state index contributed by atoms with van der Waals surface area (Å²) in [6.07, 6.45) is 12.8. The van der Waals surface area contributed by atoms with E-state index in [0.717, 1.165) is 12.8 Å². The van der Waals surface area contributed by atoms with E-state index in [9.17, 15) is 4.79 Å². The Bertz CT molecular complexity index is 255. The lowest BCUT2D eigenvalue weighted by Gasteiger charge is -2.06. The molecule has 2 atom stereocenters. The molecule has 0 amide bonds. The Morgan fingerprint density at radius 1 is 0.933 bits per heavy atom. The van der Waals surface area contributed by atoms with Gasteiger partial charge in [0.2, 0.25) is 0 Å². The molecular weight excluding hydrogens is 192 g/mol. The smallest absolute Gasteiger partial charge is 0.422 e. The van der Waals surface area contributed by atoms with Crippen LogP contribution in [0.4, 0.5) is 4.79 Å². The van der Waals surface area contributed by atoms with Crippen molar-refractivity contribution in [1.82, 2.24) is 0 Å². The number of rotatable bonds is 0. The molecule has 0 saturated carbocycles. The molecule has 0 aromatic heterocycles. The molecule has 1 saturated heterocycles. The molecule has 1 heterocycles. The summed E-state index contributed by atoms with van der Waals surface area (Å²) in [5.41, 5.74) is 0. The van der Waals surface area contributed by atoms with E-state index < -0.39 is 6.16 Å². The Labute approximate surface area is 89.8 Å². The van der Waals surface area contributed by atoms with E-state index in [1.165, 1.54) is 19.3 Å². The van der Waals surface area contributed by atoms with Crippen LogP contribution in [0.1, 0.15) is 32.1 Å². The summed E-state index contributed by atoms with van der Waals surface area (Å²) in [6.45, 7) is 0. The highest BCUT2D eigenvalue weighted by Crippen LogP contribution is 2.19. The standard InChI is InChI=1S/C12H16O3/c13-12-14-10-8-6-4-2-1-3-5-7-9-11(10)15-12/h6-11H,1-5H2/t10-,11-/m1/s1. The summed E-state index contributed by atoms with van der Waals surface area (Å²) in [5.74, 6) is 0. The minimum Gasteiger partial charge on any atom is -0.422 e. The van der Waals surface area contributed by atoms with Crippen LogP contribution in [0.25, 0.3) is 0 Å². The van der Waals surface area contributed by atoms with E-state index in [0.29, 0.717) is 0 Å². The summed E-state index contributed by atoms with van der Waals surface area (Å²) in [6, 6.07) is 0. The van der Waals surface area contributed by atoms with Crippen LogP contribution in [0.5, 0.6) is 0 Å². The zero-order valence-electron chi connectivity index (χ0n) is 8.72. The number of hydrogen-bond acceptors (Lipinski definition) is 3. The summed E-state index contributed by atoms with van der Waals surface area (Å²) in [4.78, 5) is 11.0. The van der Waals surface area contributed by atoms with Crippen molar-refractivity contribution in [2.75, 3.05) is 0 Å². The second-order valence-corrected chi connectivity index (χ2v) is 3.91. The van der Waals surface area contributed by atoms with Gasteiger partial charge in [-0.05, 0) is 37.8 Å². The van der Waals surface area contributed by atoms with Crippen LogP contribution in [0.3, 0.4) is 0 Å². The maximum atomic E-state index is 11.0. The van der Waals surface area contributed by atoms with Crippen LogP contribution in [0.15, 0.2) is 24.3 Å². The second-order valence-electron chi connectivity index (χ2n) is 3.91. The van der Waals surface area contributed by atoms with Crippen LogP contribution < -0.4 is 0 Å². The molecule has 82 valence electrons. The predicted molar refractivity (Wildman–Crippen MR) is 56.5 cm³/mol. The summed E-state index contributed by atoms with van der Waals surface area (Å²) in [5, 5.41) is 0. The third-order valence-electron chi connectivity index (χ3n) is 2.68. The van der Waals surface area contributed by atoms with Gasteiger partial charge in [-0.25, -0.2) is 4.79 Å². The van der Waals surface area contributed by atoms with Gasteiger partial charge < -0.3 is 9.47 Å². The fourth-order valence-electron chi connectivity index (χ4n) is 1.84. The third-order valence-corrected chi connectivity index (χ3v) is 2.68. The molecule has 2 rings (SSSR count). The molecule has 0 unspecified atom stereocenters.